The highest BCUT2D eigenvalue weighted by Crippen LogP contribution is 2.29. The molecule has 0 bridgehead atoms. The molecule has 0 N–H and O–H groups in total. The lowest BCUT2D eigenvalue weighted by Crippen LogP contribution is -1.81. The van der Waals surface area contributed by atoms with Crippen molar-refractivity contribution in [2.45, 2.75) is 0 Å². The van der Waals surface area contributed by atoms with Crippen molar-refractivity contribution in [2.75, 3.05) is 0 Å². The van der Waals surface area contributed by atoms with E-state index < -0.39 is 0 Å². The monoisotopic (exact) mass is 206 g/mol. The smallest absolute Gasteiger partial charge is 0.0490 e. The third kappa shape index (κ3) is 1.33. The second kappa shape index (κ2) is 3.53. The molecular weight excluding hydrogens is 194 g/mol. The summed E-state index contributed by atoms with van der Waals surface area (Å²) >= 11 is 0. The summed E-state index contributed by atoms with van der Waals surface area (Å²) in [5.74, 6) is 0. The van der Waals surface area contributed by atoms with Gasteiger partial charge in [0.05, 0.1) is 0 Å². The number of hydrogen-bond acceptors (Lipinski definition) is 0. The minimum absolute atomic E-state index is 1.22. The van der Waals surface area contributed by atoms with E-state index in [1.807, 2.05) is 18.2 Å². The molecule has 0 unspecified atom stereocenters. The van der Waals surface area contributed by atoms with Crippen LogP contribution in [-0.2, 0) is 7.05 Å². The molecule has 3 aromatic rings. The predicted molar refractivity (Wildman–Crippen MR) is 67.2 cm³/mol. The minimum Gasteiger partial charge on any atom is -0.350 e. The van der Waals surface area contributed by atoms with Crippen LogP contribution < -0.4 is 0 Å². The largest absolute Gasteiger partial charge is 0.350 e. The van der Waals surface area contributed by atoms with E-state index in [1.165, 1.54) is 22.0 Å². The summed E-state index contributed by atoms with van der Waals surface area (Å²) in [7, 11) is 2.07. The summed E-state index contributed by atoms with van der Waals surface area (Å²) in [6.45, 7) is 0. The average molecular weight is 206 g/mol. The van der Waals surface area contributed by atoms with Crippen LogP contribution >= 0.6 is 0 Å². The van der Waals surface area contributed by atoms with Crippen molar-refractivity contribution in [3.8, 4) is 11.1 Å². The first-order valence-corrected chi connectivity index (χ1v) is 5.37. The van der Waals surface area contributed by atoms with Crippen LogP contribution in [-0.4, -0.2) is 4.57 Å². The Morgan fingerprint density at radius 2 is 1.88 bits per heavy atom. The third-order valence-corrected chi connectivity index (χ3v) is 2.92. The topological polar surface area (TPSA) is 4.93 Å². The zero-order chi connectivity index (χ0) is 11.0. The van der Waals surface area contributed by atoms with Gasteiger partial charge in [0.2, 0.25) is 0 Å². The number of hydrogen-bond donors (Lipinski definition) is 0. The van der Waals surface area contributed by atoms with Crippen LogP contribution in [0.1, 0.15) is 0 Å². The van der Waals surface area contributed by atoms with E-state index in [2.05, 4.69) is 54.2 Å². The van der Waals surface area contributed by atoms with Crippen molar-refractivity contribution in [1.29, 1.82) is 0 Å². The summed E-state index contributed by atoms with van der Waals surface area (Å²) in [6.07, 6.45) is 2.17. The summed E-state index contributed by atoms with van der Waals surface area (Å²) in [4.78, 5) is 0. The van der Waals surface area contributed by atoms with Gasteiger partial charge in [0.25, 0.3) is 0 Å². The van der Waals surface area contributed by atoms with Crippen molar-refractivity contribution >= 4 is 10.9 Å². The van der Waals surface area contributed by atoms with Gasteiger partial charge < -0.3 is 4.57 Å². The molecule has 1 heterocycles. The van der Waals surface area contributed by atoms with E-state index in [9.17, 15) is 0 Å². The first-order chi connectivity index (χ1) is 7.86. The maximum absolute atomic E-state index is 3.12. The molecule has 0 amide bonds. The maximum atomic E-state index is 3.12. The number of aryl methyl sites for hydroxylation is 1. The summed E-state index contributed by atoms with van der Waals surface area (Å²) in [5.41, 5.74) is 3.77. The Bertz CT molecular complexity index is 620. The Balaban J connectivity index is 2.33. The molecule has 0 fully saturated rings. The van der Waals surface area contributed by atoms with Crippen LogP contribution in [0.3, 0.4) is 0 Å². The lowest BCUT2D eigenvalue weighted by Gasteiger charge is -1.97. The molecule has 0 aliphatic rings. The molecule has 1 aromatic heterocycles. The fourth-order valence-electron chi connectivity index (χ4n) is 2.12. The highest BCUT2D eigenvalue weighted by atomic mass is 14.9. The molecule has 1 radical (unpaired) electrons. The Morgan fingerprint density at radius 3 is 2.69 bits per heavy atom. The molecule has 0 spiro atoms. The molecule has 16 heavy (non-hydrogen) atoms. The molecule has 0 saturated heterocycles. The molecule has 0 aliphatic heterocycles. The van der Waals surface area contributed by atoms with Gasteiger partial charge in [0.15, 0.2) is 0 Å². The van der Waals surface area contributed by atoms with Crippen LogP contribution in [0.2, 0.25) is 0 Å². The molecule has 0 atom stereocenters. The number of rotatable bonds is 1. The molecule has 77 valence electrons. The average Bonchev–Trinajstić information content (AvgIpc) is 2.69. The van der Waals surface area contributed by atoms with Gasteiger partial charge in [-0.05, 0) is 17.7 Å². The molecule has 3 rings (SSSR count). The van der Waals surface area contributed by atoms with Crippen LogP contribution in [0.5, 0.6) is 0 Å². The first-order valence-electron chi connectivity index (χ1n) is 5.37. The second-order valence-electron chi connectivity index (χ2n) is 3.96. The van der Waals surface area contributed by atoms with Gasteiger partial charge in [-0.2, -0.15) is 0 Å². The molecule has 1 heteroatoms. The van der Waals surface area contributed by atoms with E-state index in [0.717, 1.165) is 0 Å². The Hall–Kier alpha value is -2.02. The Labute approximate surface area is 95.0 Å². The highest BCUT2D eigenvalue weighted by molar-refractivity contribution is 5.95. The van der Waals surface area contributed by atoms with Crippen molar-refractivity contribution in [3.63, 3.8) is 0 Å². The molecule has 2 aromatic carbocycles. The molecule has 0 saturated carbocycles. The van der Waals surface area contributed by atoms with Gasteiger partial charge in [-0.25, -0.2) is 0 Å². The van der Waals surface area contributed by atoms with E-state index in [0.29, 0.717) is 0 Å². The fraction of sp³-hybridized carbons (Fsp3) is 0.0667. The van der Waals surface area contributed by atoms with Gasteiger partial charge in [-0.1, -0.05) is 42.5 Å². The number of aromatic nitrogens is 1. The molecule has 0 aliphatic carbocycles. The molecule has 1 nitrogen and oxygen atoms in total. The van der Waals surface area contributed by atoms with Crippen LogP contribution in [0, 0.1) is 6.07 Å². The standard InChI is InChI=1S/C15H12N/c1-16-11-14(12-7-3-2-4-8-12)13-9-5-6-10-15(13)16/h2-5,7-11H,1H3. The van der Waals surface area contributed by atoms with Crippen molar-refractivity contribution in [3.05, 3.63) is 60.8 Å². The number of benzene rings is 2. The lowest BCUT2D eigenvalue weighted by atomic mass is 10.1. The zero-order valence-electron chi connectivity index (χ0n) is 9.14. The quantitative estimate of drug-likeness (QED) is 0.572. The van der Waals surface area contributed by atoms with Gasteiger partial charge in [-0.15, -0.1) is 0 Å². The van der Waals surface area contributed by atoms with Gasteiger partial charge in [0.1, 0.15) is 0 Å². The number of nitrogens with zero attached hydrogens (tertiary/aromatic N) is 1. The first kappa shape index (κ1) is 9.22. The number of fused-ring (bicyclic) bond motifs is 1. The maximum Gasteiger partial charge on any atom is 0.0490 e. The SMILES string of the molecule is Cn1cc(-c2ccccc2)c2cc[c]cc21. The second-order valence-corrected chi connectivity index (χ2v) is 3.96. The van der Waals surface area contributed by atoms with Crippen LogP contribution in [0.15, 0.2) is 54.7 Å². The fourth-order valence-corrected chi connectivity index (χ4v) is 2.12. The summed E-state index contributed by atoms with van der Waals surface area (Å²) in [6, 6.07) is 19.7. The van der Waals surface area contributed by atoms with Gasteiger partial charge in [0, 0.05) is 29.7 Å². The summed E-state index contributed by atoms with van der Waals surface area (Å²) < 4.78 is 2.15. The minimum atomic E-state index is 1.22. The van der Waals surface area contributed by atoms with E-state index in [-0.39, 0.29) is 0 Å². The predicted octanol–water partition coefficient (Wildman–Crippen LogP) is 3.65. The van der Waals surface area contributed by atoms with E-state index >= 15 is 0 Å². The van der Waals surface area contributed by atoms with E-state index in [1.54, 1.807) is 0 Å². The van der Waals surface area contributed by atoms with Gasteiger partial charge >= 0.3 is 0 Å². The third-order valence-electron chi connectivity index (χ3n) is 2.92. The normalized spacial score (nSPS) is 10.8. The zero-order valence-corrected chi connectivity index (χ0v) is 9.14. The van der Waals surface area contributed by atoms with Crippen molar-refractivity contribution < 1.29 is 0 Å². The van der Waals surface area contributed by atoms with E-state index in [4.69, 9.17) is 0 Å². The lowest BCUT2D eigenvalue weighted by molar-refractivity contribution is 0.970. The van der Waals surface area contributed by atoms with Gasteiger partial charge in [-0.3, -0.25) is 0 Å². The Morgan fingerprint density at radius 1 is 1.06 bits per heavy atom. The summed E-state index contributed by atoms with van der Waals surface area (Å²) in [5, 5.41) is 1.28. The van der Waals surface area contributed by atoms with Crippen molar-refractivity contribution in [2.24, 2.45) is 7.05 Å². The molecular formula is C15H12N. The Kier molecular flexibility index (Phi) is 2.03. The van der Waals surface area contributed by atoms with Crippen LogP contribution in [0.4, 0.5) is 0 Å². The highest BCUT2D eigenvalue weighted by Gasteiger charge is 2.06. The van der Waals surface area contributed by atoms with Crippen LogP contribution in [0.25, 0.3) is 22.0 Å². The van der Waals surface area contributed by atoms with Crippen molar-refractivity contribution in [1.82, 2.24) is 4.57 Å².